The lowest BCUT2D eigenvalue weighted by Gasteiger charge is -2.16. The highest BCUT2D eigenvalue weighted by Gasteiger charge is 2.26. The van der Waals surface area contributed by atoms with Gasteiger partial charge in [-0.2, -0.15) is 0 Å². The van der Waals surface area contributed by atoms with Crippen molar-refractivity contribution in [3.05, 3.63) is 35.6 Å². The molecule has 1 fully saturated rings. The summed E-state index contributed by atoms with van der Waals surface area (Å²) in [5, 5.41) is 12.6. The summed E-state index contributed by atoms with van der Waals surface area (Å²) in [6, 6.07) is 5.86. The molecule has 2 rings (SSSR count). The molecule has 1 unspecified atom stereocenters. The molecular formula is C15H22ClFN2O2. The average Bonchev–Trinajstić information content (AvgIpc) is 2.81. The summed E-state index contributed by atoms with van der Waals surface area (Å²) in [5.74, 6) is -0.270. The zero-order valence-electron chi connectivity index (χ0n) is 11.8. The van der Waals surface area contributed by atoms with Crippen LogP contribution in [0.15, 0.2) is 24.3 Å². The highest BCUT2D eigenvalue weighted by Crippen LogP contribution is 2.26. The molecule has 118 valence electrons. The third-order valence-electron chi connectivity index (χ3n) is 3.89. The molecule has 3 atom stereocenters. The molecule has 1 amide bonds. The molecule has 1 aromatic carbocycles. The van der Waals surface area contributed by atoms with Crippen molar-refractivity contribution in [2.24, 2.45) is 11.7 Å². The number of carbonyl (C=O) groups excluding carboxylic acids is 1. The van der Waals surface area contributed by atoms with E-state index in [2.05, 4.69) is 5.32 Å². The van der Waals surface area contributed by atoms with Crippen molar-refractivity contribution in [3.63, 3.8) is 0 Å². The number of halogens is 2. The molecule has 0 aromatic heterocycles. The largest absolute Gasteiger partial charge is 0.387 e. The predicted octanol–water partition coefficient (Wildman–Crippen LogP) is 1.91. The van der Waals surface area contributed by atoms with Crippen molar-refractivity contribution in [1.29, 1.82) is 0 Å². The molecule has 1 aromatic rings. The van der Waals surface area contributed by atoms with Gasteiger partial charge in [0.25, 0.3) is 0 Å². The molecule has 0 bridgehead atoms. The van der Waals surface area contributed by atoms with Gasteiger partial charge < -0.3 is 16.2 Å². The van der Waals surface area contributed by atoms with Crippen LogP contribution in [0.25, 0.3) is 0 Å². The van der Waals surface area contributed by atoms with Crippen LogP contribution in [0, 0.1) is 11.7 Å². The number of hydrogen-bond donors (Lipinski definition) is 3. The van der Waals surface area contributed by atoms with Gasteiger partial charge >= 0.3 is 0 Å². The minimum Gasteiger partial charge on any atom is -0.387 e. The van der Waals surface area contributed by atoms with Crippen LogP contribution in [-0.2, 0) is 4.79 Å². The maximum atomic E-state index is 13.0. The van der Waals surface area contributed by atoms with Gasteiger partial charge in [-0.15, -0.1) is 12.4 Å². The summed E-state index contributed by atoms with van der Waals surface area (Å²) in [5.41, 5.74) is 6.38. The van der Waals surface area contributed by atoms with E-state index in [9.17, 15) is 14.3 Å². The van der Waals surface area contributed by atoms with E-state index < -0.39 is 11.9 Å². The van der Waals surface area contributed by atoms with Gasteiger partial charge in [-0.05, 0) is 36.5 Å². The zero-order chi connectivity index (χ0) is 14.5. The molecule has 6 heteroatoms. The van der Waals surface area contributed by atoms with Gasteiger partial charge in [-0.3, -0.25) is 4.79 Å². The molecule has 4 nitrogen and oxygen atoms in total. The van der Waals surface area contributed by atoms with Crippen molar-refractivity contribution in [2.75, 3.05) is 6.54 Å². The molecule has 1 aliphatic rings. The summed E-state index contributed by atoms with van der Waals surface area (Å²) in [7, 11) is 0. The number of aliphatic hydroxyl groups excluding tert-OH is 1. The third kappa shape index (κ3) is 5.26. The Bertz CT molecular complexity index is 473. The number of benzene rings is 1. The summed E-state index contributed by atoms with van der Waals surface area (Å²) in [4.78, 5) is 11.8. The Kier molecular flexibility index (Phi) is 7.08. The smallest absolute Gasteiger partial charge is 0.220 e. The SMILES string of the molecule is Cl.N[C@@H]1CCC[C@H]1CC(=O)NCC(O)c1cccc(F)c1. The number of amides is 1. The van der Waals surface area contributed by atoms with Gasteiger partial charge in [0.1, 0.15) is 5.82 Å². The summed E-state index contributed by atoms with van der Waals surface area (Å²) in [6.07, 6.45) is 2.54. The van der Waals surface area contributed by atoms with E-state index in [0.29, 0.717) is 12.0 Å². The first-order chi connectivity index (χ1) is 9.56. The van der Waals surface area contributed by atoms with E-state index in [1.165, 1.54) is 18.2 Å². The lowest BCUT2D eigenvalue weighted by molar-refractivity contribution is -0.122. The Hall–Kier alpha value is -1.17. The van der Waals surface area contributed by atoms with Gasteiger partial charge in [-0.25, -0.2) is 4.39 Å². The van der Waals surface area contributed by atoms with E-state index in [-0.39, 0.29) is 36.8 Å². The lowest BCUT2D eigenvalue weighted by atomic mass is 10.00. The van der Waals surface area contributed by atoms with Crippen molar-refractivity contribution in [1.82, 2.24) is 5.32 Å². The molecule has 1 aliphatic carbocycles. The molecule has 0 saturated heterocycles. The molecule has 0 aliphatic heterocycles. The van der Waals surface area contributed by atoms with Crippen molar-refractivity contribution in [2.45, 2.75) is 37.8 Å². The van der Waals surface area contributed by atoms with E-state index in [1.807, 2.05) is 0 Å². The summed E-state index contributed by atoms with van der Waals surface area (Å²) in [6.45, 7) is 0.0875. The van der Waals surface area contributed by atoms with Crippen molar-refractivity contribution >= 4 is 18.3 Å². The minimum absolute atomic E-state index is 0. The summed E-state index contributed by atoms with van der Waals surface area (Å²) < 4.78 is 13.0. The number of nitrogens with one attached hydrogen (secondary N) is 1. The highest BCUT2D eigenvalue weighted by atomic mass is 35.5. The standard InChI is InChI=1S/C15H21FN2O2.ClH/c16-12-5-1-4-11(7-12)14(19)9-18-15(20)8-10-3-2-6-13(10)17;/h1,4-5,7,10,13-14,19H,2-3,6,8-9,17H2,(H,18,20);1H/t10-,13+,14?;/m0./s1. The normalized spacial score (nSPS) is 22.4. The quantitative estimate of drug-likeness (QED) is 0.777. The van der Waals surface area contributed by atoms with Crippen LogP contribution in [0.5, 0.6) is 0 Å². The zero-order valence-corrected chi connectivity index (χ0v) is 12.6. The fourth-order valence-corrected chi connectivity index (χ4v) is 2.67. The Morgan fingerprint density at radius 3 is 2.86 bits per heavy atom. The monoisotopic (exact) mass is 316 g/mol. The van der Waals surface area contributed by atoms with Gasteiger partial charge in [0.05, 0.1) is 6.10 Å². The first-order valence-corrected chi connectivity index (χ1v) is 7.02. The third-order valence-corrected chi connectivity index (χ3v) is 3.89. The summed E-state index contributed by atoms with van der Waals surface area (Å²) >= 11 is 0. The maximum Gasteiger partial charge on any atom is 0.220 e. The topological polar surface area (TPSA) is 75.4 Å². The molecule has 21 heavy (non-hydrogen) atoms. The van der Waals surface area contributed by atoms with E-state index in [4.69, 9.17) is 5.73 Å². The molecule has 4 N–H and O–H groups in total. The predicted molar refractivity (Wildman–Crippen MR) is 81.6 cm³/mol. The highest BCUT2D eigenvalue weighted by molar-refractivity contribution is 5.85. The van der Waals surface area contributed by atoms with Crippen LogP contribution in [0.1, 0.15) is 37.4 Å². The van der Waals surface area contributed by atoms with Crippen LogP contribution >= 0.6 is 12.4 Å². The fourth-order valence-electron chi connectivity index (χ4n) is 2.67. The van der Waals surface area contributed by atoms with Gasteiger partial charge in [0, 0.05) is 19.0 Å². The van der Waals surface area contributed by atoms with Crippen LogP contribution in [0.3, 0.4) is 0 Å². The number of carbonyl (C=O) groups is 1. The molecule has 0 radical (unpaired) electrons. The number of rotatable bonds is 5. The van der Waals surface area contributed by atoms with Crippen LogP contribution in [-0.4, -0.2) is 23.6 Å². The van der Waals surface area contributed by atoms with Crippen molar-refractivity contribution in [3.8, 4) is 0 Å². The number of hydrogen-bond acceptors (Lipinski definition) is 3. The Labute approximate surface area is 130 Å². The van der Waals surface area contributed by atoms with E-state index in [0.717, 1.165) is 19.3 Å². The Morgan fingerprint density at radius 2 is 2.24 bits per heavy atom. The Morgan fingerprint density at radius 1 is 1.48 bits per heavy atom. The molecular weight excluding hydrogens is 295 g/mol. The number of nitrogens with two attached hydrogens (primary N) is 1. The van der Waals surface area contributed by atoms with Gasteiger partial charge in [-0.1, -0.05) is 18.6 Å². The fraction of sp³-hybridized carbons (Fsp3) is 0.533. The van der Waals surface area contributed by atoms with Gasteiger partial charge in [0.2, 0.25) is 5.91 Å². The van der Waals surface area contributed by atoms with Crippen LogP contribution in [0.2, 0.25) is 0 Å². The minimum atomic E-state index is -0.896. The van der Waals surface area contributed by atoms with E-state index >= 15 is 0 Å². The molecule has 1 saturated carbocycles. The second-order valence-electron chi connectivity index (χ2n) is 5.43. The average molecular weight is 317 g/mol. The first-order valence-electron chi connectivity index (χ1n) is 7.02. The van der Waals surface area contributed by atoms with Crippen LogP contribution < -0.4 is 11.1 Å². The Balaban J connectivity index is 0.00000220. The second kappa shape index (κ2) is 8.32. The molecule has 0 spiro atoms. The maximum absolute atomic E-state index is 13.0. The van der Waals surface area contributed by atoms with Crippen molar-refractivity contribution < 1.29 is 14.3 Å². The van der Waals surface area contributed by atoms with Crippen LogP contribution in [0.4, 0.5) is 4.39 Å². The number of aliphatic hydroxyl groups is 1. The second-order valence-corrected chi connectivity index (χ2v) is 5.43. The molecule has 0 heterocycles. The first kappa shape index (κ1) is 17.9. The van der Waals surface area contributed by atoms with Gasteiger partial charge in [0.15, 0.2) is 0 Å². The lowest BCUT2D eigenvalue weighted by Crippen LogP contribution is -2.33. The van der Waals surface area contributed by atoms with E-state index in [1.54, 1.807) is 6.07 Å².